The Hall–Kier alpha value is -2.95. The van der Waals surface area contributed by atoms with E-state index >= 15 is 0 Å². The van der Waals surface area contributed by atoms with Crippen LogP contribution in [0, 0.1) is 6.92 Å². The van der Waals surface area contributed by atoms with Crippen LogP contribution in [0.4, 0.5) is 5.69 Å². The van der Waals surface area contributed by atoms with E-state index in [9.17, 15) is 4.79 Å². The maximum atomic E-state index is 11.8. The van der Waals surface area contributed by atoms with Gasteiger partial charge in [0.25, 0.3) is 5.89 Å². The minimum atomic E-state index is 0.148. The second-order valence-electron chi connectivity index (χ2n) is 6.03. The summed E-state index contributed by atoms with van der Waals surface area (Å²) < 4.78 is 5.46. The SMILES string of the molecule is Cc1ccccc1-c1noc(-c2ccc3c(c2)CCC(=O)N3C)n1. The third-order valence-electron chi connectivity index (χ3n) is 4.48. The van der Waals surface area contributed by atoms with Crippen LogP contribution in [0.2, 0.25) is 0 Å². The van der Waals surface area contributed by atoms with Crippen molar-refractivity contribution < 1.29 is 9.32 Å². The molecule has 2 aromatic carbocycles. The molecule has 0 unspecified atom stereocenters. The highest BCUT2D eigenvalue weighted by Crippen LogP contribution is 2.31. The molecule has 0 radical (unpaired) electrons. The molecule has 4 rings (SSSR count). The number of nitrogens with zero attached hydrogens (tertiary/aromatic N) is 3. The van der Waals surface area contributed by atoms with Gasteiger partial charge in [-0.1, -0.05) is 29.4 Å². The number of fused-ring (bicyclic) bond motifs is 1. The van der Waals surface area contributed by atoms with Crippen molar-refractivity contribution in [1.82, 2.24) is 10.1 Å². The lowest BCUT2D eigenvalue weighted by atomic mass is 9.99. The molecular formula is C19H17N3O2. The molecule has 0 spiro atoms. The zero-order chi connectivity index (χ0) is 16.7. The van der Waals surface area contributed by atoms with Gasteiger partial charge in [0, 0.05) is 30.3 Å². The number of aryl methyl sites for hydroxylation is 2. The highest BCUT2D eigenvalue weighted by Gasteiger charge is 2.22. The maximum absolute atomic E-state index is 11.8. The first-order chi connectivity index (χ1) is 11.6. The van der Waals surface area contributed by atoms with E-state index in [2.05, 4.69) is 10.1 Å². The largest absolute Gasteiger partial charge is 0.334 e. The van der Waals surface area contributed by atoms with Gasteiger partial charge in [-0.25, -0.2) is 0 Å². The lowest BCUT2D eigenvalue weighted by Gasteiger charge is -2.25. The number of rotatable bonds is 2. The Labute approximate surface area is 139 Å². The van der Waals surface area contributed by atoms with Crippen molar-refractivity contribution in [1.29, 1.82) is 0 Å². The second-order valence-corrected chi connectivity index (χ2v) is 6.03. The lowest BCUT2D eigenvalue weighted by Crippen LogP contribution is -2.30. The van der Waals surface area contributed by atoms with Gasteiger partial charge >= 0.3 is 0 Å². The fourth-order valence-electron chi connectivity index (χ4n) is 3.06. The number of carbonyl (C=O) groups excluding carboxylic acids is 1. The fourth-order valence-corrected chi connectivity index (χ4v) is 3.06. The van der Waals surface area contributed by atoms with Crippen molar-refractivity contribution in [2.24, 2.45) is 0 Å². The molecule has 1 aromatic heterocycles. The Kier molecular flexibility index (Phi) is 3.41. The van der Waals surface area contributed by atoms with Crippen molar-refractivity contribution in [3.05, 3.63) is 53.6 Å². The second kappa shape index (κ2) is 5.60. The van der Waals surface area contributed by atoms with Crippen LogP contribution in [-0.4, -0.2) is 23.1 Å². The Morgan fingerprint density at radius 3 is 2.79 bits per heavy atom. The number of amides is 1. The quantitative estimate of drug-likeness (QED) is 0.724. The summed E-state index contributed by atoms with van der Waals surface area (Å²) in [6, 6.07) is 13.9. The van der Waals surface area contributed by atoms with Crippen molar-refractivity contribution in [3.63, 3.8) is 0 Å². The molecule has 24 heavy (non-hydrogen) atoms. The van der Waals surface area contributed by atoms with E-state index in [1.807, 2.05) is 56.4 Å². The molecule has 1 aliphatic heterocycles. The van der Waals surface area contributed by atoms with Crippen molar-refractivity contribution in [2.45, 2.75) is 19.8 Å². The average Bonchev–Trinajstić information content (AvgIpc) is 3.08. The van der Waals surface area contributed by atoms with E-state index in [1.165, 1.54) is 0 Å². The summed E-state index contributed by atoms with van der Waals surface area (Å²) in [5.41, 5.74) is 5.04. The standard InChI is InChI=1S/C19H17N3O2/c1-12-5-3-4-6-15(12)18-20-19(24-21-18)14-7-9-16-13(11-14)8-10-17(23)22(16)2/h3-7,9,11H,8,10H2,1-2H3. The van der Waals surface area contributed by atoms with Crippen LogP contribution in [0.3, 0.4) is 0 Å². The van der Waals surface area contributed by atoms with Crippen LogP contribution in [0.5, 0.6) is 0 Å². The number of anilines is 1. The van der Waals surface area contributed by atoms with Crippen LogP contribution in [0.25, 0.3) is 22.8 Å². The van der Waals surface area contributed by atoms with Gasteiger partial charge < -0.3 is 9.42 Å². The number of benzene rings is 2. The molecule has 0 saturated heterocycles. The molecule has 2 heterocycles. The molecule has 0 bridgehead atoms. The predicted octanol–water partition coefficient (Wildman–Crippen LogP) is 3.62. The molecule has 1 aliphatic rings. The maximum Gasteiger partial charge on any atom is 0.258 e. The van der Waals surface area contributed by atoms with Gasteiger partial charge in [-0.2, -0.15) is 4.98 Å². The van der Waals surface area contributed by atoms with E-state index < -0.39 is 0 Å². The van der Waals surface area contributed by atoms with Gasteiger partial charge in [0.1, 0.15) is 0 Å². The molecule has 0 fully saturated rings. The summed E-state index contributed by atoms with van der Waals surface area (Å²) in [4.78, 5) is 18.0. The average molecular weight is 319 g/mol. The van der Waals surface area contributed by atoms with Crippen LogP contribution < -0.4 is 4.90 Å². The molecule has 1 amide bonds. The molecule has 3 aromatic rings. The molecular weight excluding hydrogens is 302 g/mol. The summed E-state index contributed by atoms with van der Waals surface area (Å²) >= 11 is 0. The number of carbonyl (C=O) groups is 1. The third kappa shape index (κ3) is 2.38. The van der Waals surface area contributed by atoms with Crippen molar-refractivity contribution >= 4 is 11.6 Å². The first kappa shape index (κ1) is 14.6. The molecule has 0 N–H and O–H groups in total. The minimum absolute atomic E-state index is 0.148. The van der Waals surface area contributed by atoms with E-state index in [4.69, 9.17) is 4.52 Å². The van der Waals surface area contributed by atoms with Gasteiger partial charge in [0.2, 0.25) is 11.7 Å². The summed E-state index contributed by atoms with van der Waals surface area (Å²) in [5, 5.41) is 4.11. The van der Waals surface area contributed by atoms with Crippen LogP contribution >= 0.6 is 0 Å². The predicted molar refractivity (Wildman–Crippen MR) is 91.6 cm³/mol. The Balaban J connectivity index is 1.71. The zero-order valence-corrected chi connectivity index (χ0v) is 13.6. The first-order valence-electron chi connectivity index (χ1n) is 7.93. The minimum Gasteiger partial charge on any atom is -0.334 e. The van der Waals surface area contributed by atoms with Crippen LogP contribution in [-0.2, 0) is 11.2 Å². The number of hydrogen-bond donors (Lipinski definition) is 0. The zero-order valence-electron chi connectivity index (χ0n) is 13.6. The smallest absolute Gasteiger partial charge is 0.258 e. The Morgan fingerprint density at radius 2 is 1.96 bits per heavy atom. The summed E-state index contributed by atoms with van der Waals surface area (Å²) in [7, 11) is 1.81. The van der Waals surface area contributed by atoms with E-state index in [1.54, 1.807) is 4.90 Å². The van der Waals surface area contributed by atoms with Crippen LogP contribution in [0.1, 0.15) is 17.5 Å². The third-order valence-corrected chi connectivity index (χ3v) is 4.48. The van der Waals surface area contributed by atoms with Crippen LogP contribution in [0.15, 0.2) is 47.0 Å². The normalized spacial score (nSPS) is 13.9. The number of hydrogen-bond acceptors (Lipinski definition) is 4. The molecule has 0 saturated carbocycles. The van der Waals surface area contributed by atoms with Gasteiger partial charge in [-0.05, 0) is 42.7 Å². The lowest BCUT2D eigenvalue weighted by molar-refractivity contribution is -0.118. The molecule has 5 heteroatoms. The van der Waals surface area contributed by atoms with Gasteiger partial charge in [0.05, 0.1) is 0 Å². The van der Waals surface area contributed by atoms with E-state index in [0.717, 1.165) is 34.4 Å². The Bertz CT molecular complexity index is 930. The molecule has 5 nitrogen and oxygen atoms in total. The fraction of sp³-hybridized carbons (Fsp3) is 0.211. The molecule has 0 aliphatic carbocycles. The molecule has 120 valence electrons. The van der Waals surface area contributed by atoms with Crippen molar-refractivity contribution in [2.75, 3.05) is 11.9 Å². The highest BCUT2D eigenvalue weighted by atomic mass is 16.5. The van der Waals surface area contributed by atoms with E-state index in [0.29, 0.717) is 18.1 Å². The highest BCUT2D eigenvalue weighted by molar-refractivity contribution is 5.96. The van der Waals surface area contributed by atoms with E-state index in [-0.39, 0.29) is 5.91 Å². The molecule has 0 atom stereocenters. The monoisotopic (exact) mass is 319 g/mol. The van der Waals surface area contributed by atoms with Crippen molar-refractivity contribution in [3.8, 4) is 22.8 Å². The van der Waals surface area contributed by atoms with Gasteiger partial charge in [-0.3, -0.25) is 4.79 Å². The van der Waals surface area contributed by atoms with Gasteiger partial charge in [-0.15, -0.1) is 0 Å². The van der Waals surface area contributed by atoms with Gasteiger partial charge in [0.15, 0.2) is 0 Å². The number of aromatic nitrogens is 2. The topological polar surface area (TPSA) is 59.2 Å². The Morgan fingerprint density at radius 1 is 1.12 bits per heavy atom. The summed E-state index contributed by atoms with van der Waals surface area (Å²) in [5.74, 6) is 1.23. The summed E-state index contributed by atoms with van der Waals surface area (Å²) in [6.07, 6.45) is 1.27. The summed E-state index contributed by atoms with van der Waals surface area (Å²) in [6.45, 7) is 2.02. The first-order valence-corrected chi connectivity index (χ1v) is 7.93.